The van der Waals surface area contributed by atoms with Crippen LogP contribution >= 0.6 is 0 Å². The summed E-state index contributed by atoms with van der Waals surface area (Å²) in [6.07, 6.45) is 3.49. The molecule has 0 spiro atoms. The van der Waals surface area contributed by atoms with E-state index in [1.807, 2.05) is 6.07 Å². The highest BCUT2D eigenvalue weighted by Crippen LogP contribution is 2.29. The predicted octanol–water partition coefficient (Wildman–Crippen LogP) is 3.94. The van der Waals surface area contributed by atoms with Crippen molar-refractivity contribution in [3.05, 3.63) is 60.9 Å². The Morgan fingerprint density at radius 1 is 0.667 bits per heavy atom. The lowest BCUT2D eigenvalue weighted by molar-refractivity contribution is 1.30. The Morgan fingerprint density at radius 3 is 2.44 bits per heavy atom. The van der Waals surface area contributed by atoms with Crippen molar-refractivity contribution in [1.29, 1.82) is 0 Å². The molecule has 0 aliphatic heterocycles. The number of nitrogens with zero attached hydrogens (tertiary/aromatic N) is 2. The molecule has 3 aromatic carbocycles. The van der Waals surface area contributed by atoms with Crippen molar-refractivity contribution in [1.82, 2.24) is 9.97 Å². The number of fused-ring (bicyclic) bond motifs is 5. The summed E-state index contributed by atoms with van der Waals surface area (Å²) in [5, 5.41) is 4.88. The molecule has 0 amide bonds. The first-order chi connectivity index (χ1) is 8.93. The van der Waals surface area contributed by atoms with Crippen molar-refractivity contribution >= 4 is 32.6 Å². The molecule has 4 aromatic rings. The van der Waals surface area contributed by atoms with Gasteiger partial charge in [0.15, 0.2) is 0 Å². The molecule has 2 heteroatoms. The summed E-state index contributed by atoms with van der Waals surface area (Å²) in [6, 6.07) is 16.8. The Kier molecular flexibility index (Phi) is 1.86. The second-order valence-corrected chi connectivity index (χ2v) is 4.37. The average molecular weight is 230 g/mol. The number of hydrogen-bond acceptors (Lipinski definition) is 2. The van der Waals surface area contributed by atoms with Gasteiger partial charge in [-0.1, -0.05) is 42.5 Å². The van der Waals surface area contributed by atoms with E-state index in [4.69, 9.17) is 0 Å². The molecule has 2 nitrogen and oxygen atoms in total. The Morgan fingerprint density at radius 2 is 1.44 bits per heavy atom. The summed E-state index contributed by atoms with van der Waals surface area (Å²) in [5.41, 5.74) is 1.92. The monoisotopic (exact) mass is 230 g/mol. The van der Waals surface area contributed by atoms with Crippen molar-refractivity contribution < 1.29 is 0 Å². The molecule has 1 aromatic heterocycles. The van der Waals surface area contributed by atoms with Crippen LogP contribution in [0.5, 0.6) is 0 Å². The van der Waals surface area contributed by atoms with E-state index in [1.54, 1.807) is 12.4 Å². The normalized spacial score (nSPS) is 11.3. The van der Waals surface area contributed by atoms with Crippen LogP contribution in [0.15, 0.2) is 60.9 Å². The van der Waals surface area contributed by atoms with E-state index >= 15 is 0 Å². The third-order valence-corrected chi connectivity index (χ3v) is 3.35. The smallest absolute Gasteiger partial charge is 0.0971 e. The largest absolute Gasteiger partial charge is 0.253 e. The van der Waals surface area contributed by atoms with Crippen LogP contribution in [-0.2, 0) is 0 Å². The summed E-state index contributed by atoms with van der Waals surface area (Å²) in [4.78, 5) is 8.87. The molecule has 0 bridgehead atoms. The minimum Gasteiger partial charge on any atom is -0.253 e. The van der Waals surface area contributed by atoms with Crippen LogP contribution in [0.4, 0.5) is 0 Å². The fourth-order valence-corrected chi connectivity index (χ4v) is 2.52. The maximum atomic E-state index is 4.50. The Labute approximate surface area is 104 Å². The summed E-state index contributed by atoms with van der Waals surface area (Å²) in [6.45, 7) is 0. The van der Waals surface area contributed by atoms with E-state index < -0.39 is 0 Å². The van der Waals surface area contributed by atoms with Crippen LogP contribution in [0.2, 0.25) is 0 Å². The number of aromatic nitrogens is 2. The van der Waals surface area contributed by atoms with E-state index in [0.29, 0.717) is 0 Å². The summed E-state index contributed by atoms with van der Waals surface area (Å²) in [5.74, 6) is 0. The standard InChI is InChI=1S/C16H10N2/c1-2-4-13-11(3-1)5-6-12-7-8-14-16(15(12)13)18-10-9-17-14/h1-10H. The van der Waals surface area contributed by atoms with Gasteiger partial charge >= 0.3 is 0 Å². The van der Waals surface area contributed by atoms with Crippen LogP contribution in [-0.4, -0.2) is 9.97 Å². The van der Waals surface area contributed by atoms with Crippen molar-refractivity contribution in [2.45, 2.75) is 0 Å². The predicted molar refractivity (Wildman–Crippen MR) is 74.6 cm³/mol. The molecule has 0 atom stereocenters. The zero-order valence-electron chi connectivity index (χ0n) is 9.67. The van der Waals surface area contributed by atoms with Gasteiger partial charge in [0.25, 0.3) is 0 Å². The van der Waals surface area contributed by atoms with E-state index in [2.05, 4.69) is 52.4 Å². The molecule has 0 saturated carbocycles. The second-order valence-electron chi connectivity index (χ2n) is 4.37. The molecule has 84 valence electrons. The Hall–Kier alpha value is -2.48. The van der Waals surface area contributed by atoms with Gasteiger partial charge in [-0.05, 0) is 22.2 Å². The van der Waals surface area contributed by atoms with Crippen LogP contribution in [0.25, 0.3) is 32.6 Å². The fourth-order valence-electron chi connectivity index (χ4n) is 2.52. The van der Waals surface area contributed by atoms with Gasteiger partial charge in [0, 0.05) is 17.8 Å². The highest BCUT2D eigenvalue weighted by atomic mass is 14.8. The maximum absolute atomic E-state index is 4.50. The van der Waals surface area contributed by atoms with Gasteiger partial charge in [-0.2, -0.15) is 0 Å². The second kappa shape index (κ2) is 3.50. The van der Waals surface area contributed by atoms with Crippen LogP contribution in [0.1, 0.15) is 0 Å². The molecule has 0 radical (unpaired) electrons. The summed E-state index contributed by atoms with van der Waals surface area (Å²) >= 11 is 0. The number of rotatable bonds is 0. The van der Waals surface area contributed by atoms with Crippen molar-refractivity contribution in [3.63, 3.8) is 0 Å². The third kappa shape index (κ3) is 1.23. The van der Waals surface area contributed by atoms with Gasteiger partial charge in [0.1, 0.15) is 0 Å². The van der Waals surface area contributed by atoms with E-state index in [-0.39, 0.29) is 0 Å². The first-order valence-corrected chi connectivity index (χ1v) is 5.95. The lowest BCUT2D eigenvalue weighted by atomic mass is 10.0. The molecule has 1 heterocycles. The number of benzene rings is 3. The molecular weight excluding hydrogens is 220 g/mol. The van der Waals surface area contributed by atoms with E-state index in [1.165, 1.54) is 21.5 Å². The minimum absolute atomic E-state index is 0.946. The molecule has 0 unspecified atom stereocenters. The first kappa shape index (κ1) is 9.54. The van der Waals surface area contributed by atoms with Crippen molar-refractivity contribution in [2.24, 2.45) is 0 Å². The summed E-state index contributed by atoms with van der Waals surface area (Å²) < 4.78 is 0. The van der Waals surface area contributed by atoms with Crippen molar-refractivity contribution in [3.8, 4) is 0 Å². The highest BCUT2D eigenvalue weighted by molar-refractivity contribution is 6.18. The van der Waals surface area contributed by atoms with Gasteiger partial charge in [-0.3, -0.25) is 9.97 Å². The van der Waals surface area contributed by atoms with Gasteiger partial charge in [-0.25, -0.2) is 0 Å². The molecular formula is C16H10N2. The average Bonchev–Trinajstić information content (AvgIpc) is 2.46. The third-order valence-electron chi connectivity index (χ3n) is 3.35. The van der Waals surface area contributed by atoms with E-state index in [0.717, 1.165) is 11.0 Å². The van der Waals surface area contributed by atoms with Crippen molar-refractivity contribution in [2.75, 3.05) is 0 Å². The fraction of sp³-hybridized carbons (Fsp3) is 0. The van der Waals surface area contributed by atoms with E-state index in [9.17, 15) is 0 Å². The Balaban J connectivity index is 2.38. The minimum atomic E-state index is 0.946. The topological polar surface area (TPSA) is 25.8 Å². The zero-order valence-corrected chi connectivity index (χ0v) is 9.67. The molecule has 4 rings (SSSR count). The summed E-state index contributed by atoms with van der Waals surface area (Å²) in [7, 11) is 0. The molecule has 0 fully saturated rings. The zero-order chi connectivity index (χ0) is 11.9. The van der Waals surface area contributed by atoms with Gasteiger partial charge < -0.3 is 0 Å². The van der Waals surface area contributed by atoms with Gasteiger partial charge in [0.05, 0.1) is 11.0 Å². The van der Waals surface area contributed by atoms with Gasteiger partial charge in [0.2, 0.25) is 0 Å². The Bertz CT molecular complexity index is 811. The molecule has 0 saturated heterocycles. The maximum Gasteiger partial charge on any atom is 0.0971 e. The molecule has 0 N–H and O–H groups in total. The molecule has 0 aliphatic rings. The molecule has 0 aliphatic carbocycles. The van der Waals surface area contributed by atoms with Crippen LogP contribution < -0.4 is 0 Å². The lowest BCUT2D eigenvalue weighted by Gasteiger charge is -2.06. The highest BCUT2D eigenvalue weighted by Gasteiger charge is 2.05. The SMILES string of the molecule is c1ccc2c(c1)ccc1ccc3nccnc3c12. The lowest BCUT2D eigenvalue weighted by Crippen LogP contribution is -1.85. The number of hydrogen-bond donors (Lipinski definition) is 0. The van der Waals surface area contributed by atoms with Crippen LogP contribution in [0.3, 0.4) is 0 Å². The van der Waals surface area contributed by atoms with Gasteiger partial charge in [-0.15, -0.1) is 0 Å². The molecule has 18 heavy (non-hydrogen) atoms. The van der Waals surface area contributed by atoms with Crippen LogP contribution in [0, 0.1) is 0 Å². The quantitative estimate of drug-likeness (QED) is 0.428. The first-order valence-electron chi connectivity index (χ1n) is 5.95.